The van der Waals surface area contributed by atoms with Gasteiger partial charge >= 0.3 is 11.8 Å². The lowest BCUT2D eigenvalue weighted by Gasteiger charge is -2.10. The van der Waals surface area contributed by atoms with Crippen LogP contribution in [0.4, 0.5) is 5.69 Å². The molecule has 2 N–H and O–H groups in total. The molecule has 0 atom stereocenters. The predicted molar refractivity (Wildman–Crippen MR) is 80.3 cm³/mol. The second kappa shape index (κ2) is 7.07. The zero-order valence-corrected chi connectivity index (χ0v) is 12.0. The predicted octanol–water partition coefficient (Wildman–Crippen LogP) is 1.59. The SMILES string of the molecule is C=CCNC(=O)C(=O)Nc1ccc(-c2cnco2)c(OC)c1. The van der Waals surface area contributed by atoms with E-state index < -0.39 is 11.8 Å². The topological polar surface area (TPSA) is 93.5 Å². The average molecular weight is 301 g/mol. The number of nitrogens with zero attached hydrogens (tertiary/aromatic N) is 1. The van der Waals surface area contributed by atoms with Crippen molar-refractivity contribution in [2.75, 3.05) is 19.0 Å². The van der Waals surface area contributed by atoms with E-state index in [0.717, 1.165) is 0 Å². The zero-order chi connectivity index (χ0) is 15.9. The van der Waals surface area contributed by atoms with E-state index in [4.69, 9.17) is 9.15 Å². The average Bonchev–Trinajstić information content (AvgIpc) is 3.06. The summed E-state index contributed by atoms with van der Waals surface area (Å²) in [6.07, 6.45) is 4.35. The summed E-state index contributed by atoms with van der Waals surface area (Å²) in [5, 5.41) is 4.88. The van der Waals surface area contributed by atoms with Gasteiger partial charge in [0, 0.05) is 18.3 Å². The molecule has 0 unspecified atom stereocenters. The van der Waals surface area contributed by atoms with Gasteiger partial charge in [-0.25, -0.2) is 4.98 Å². The maximum atomic E-state index is 11.7. The molecule has 0 saturated carbocycles. The van der Waals surface area contributed by atoms with Crippen LogP contribution < -0.4 is 15.4 Å². The third-order valence-corrected chi connectivity index (χ3v) is 2.77. The molecule has 0 radical (unpaired) electrons. The van der Waals surface area contributed by atoms with Gasteiger partial charge in [-0.05, 0) is 12.1 Å². The molecule has 2 aromatic rings. The van der Waals surface area contributed by atoms with Crippen LogP contribution in [0.2, 0.25) is 0 Å². The van der Waals surface area contributed by atoms with Crippen LogP contribution in [0.15, 0.2) is 47.9 Å². The highest BCUT2D eigenvalue weighted by Crippen LogP contribution is 2.32. The molecule has 0 fully saturated rings. The van der Waals surface area contributed by atoms with Crippen molar-refractivity contribution in [1.29, 1.82) is 0 Å². The molecule has 22 heavy (non-hydrogen) atoms. The summed E-state index contributed by atoms with van der Waals surface area (Å²) >= 11 is 0. The second-order valence-corrected chi connectivity index (χ2v) is 4.23. The molecule has 0 aliphatic carbocycles. The Kier molecular flexibility index (Phi) is 4.92. The first-order valence-corrected chi connectivity index (χ1v) is 6.42. The van der Waals surface area contributed by atoms with Crippen molar-refractivity contribution in [3.05, 3.63) is 43.4 Å². The number of anilines is 1. The van der Waals surface area contributed by atoms with Crippen molar-refractivity contribution in [3.63, 3.8) is 0 Å². The molecule has 2 rings (SSSR count). The summed E-state index contributed by atoms with van der Waals surface area (Å²) in [6, 6.07) is 4.94. The summed E-state index contributed by atoms with van der Waals surface area (Å²) in [7, 11) is 1.50. The zero-order valence-electron chi connectivity index (χ0n) is 12.0. The van der Waals surface area contributed by atoms with E-state index in [2.05, 4.69) is 22.2 Å². The van der Waals surface area contributed by atoms with Crippen LogP contribution in [0.1, 0.15) is 0 Å². The van der Waals surface area contributed by atoms with Gasteiger partial charge in [-0.3, -0.25) is 9.59 Å². The fourth-order valence-corrected chi connectivity index (χ4v) is 1.75. The van der Waals surface area contributed by atoms with Crippen LogP contribution in [0.5, 0.6) is 5.75 Å². The van der Waals surface area contributed by atoms with E-state index in [1.165, 1.54) is 19.6 Å². The van der Waals surface area contributed by atoms with Crippen molar-refractivity contribution in [2.45, 2.75) is 0 Å². The van der Waals surface area contributed by atoms with E-state index in [1.54, 1.807) is 24.4 Å². The molecule has 0 saturated heterocycles. The number of carbonyl (C=O) groups excluding carboxylic acids is 2. The summed E-state index contributed by atoms with van der Waals surface area (Å²) in [5.74, 6) is -0.478. The third kappa shape index (κ3) is 3.51. The Balaban J connectivity index is 2.14. The molecule has 0 spiro atoms. The maximum Gasteiger partial charge on any atom is 0.313 e. The van der Waals surface area contributed by atoms with Gasteiger partial charge < -0.3 is 19.8 Å². The highest BCUT2D eigenvalue weighted by Gasteiger charge is 2.15. The van der Waals surface area contributed by atoms with E-state index in [9.17, 15) is 9.59 Å². The molecule has 7 nitrogen and oxygen atoms in total. The number of hydrogen-bond acceptors (Lipinski definition) is 5. The number of methoxy groups -OCH3 is 1. The van der Waals surface area contributed by atoms with Crippen molar-refractivity contribution < 1.29 is 18.7 Å². The monoisotopic (exact) mass is 301 g/mol. The lowest BCUT2D eigenvalue weighted by Crippen LogP contribution is -2.35. The first-order chi connectivity index (χ1) is 10.7. The molecular formula is C15H15N3O4. The summed E-state index contributed by atoms with van der Waals surface area (Å²) in [5.41, 5.74) is 1.12. The van der Waals surface area contributed by atoms with Gasteiger partial charge in [0.25, 0.3) is 0 Å². The quantitative estimate of drug-likeness (QED) is 0.646. The smallest absolute Gasteiger partial charge is 0.313 e. The van der Waals surface area contributed by atoms with Crippen molar-refractivity contribution in [2.24, 2.45) is 0 Å². The third-order valence-electron chi connectivity index (χ3n) is 2.77. The van der Waals surface area contributed by atoms with Gasteiger partial charge in [-0.1, -0.05) is 6.08 Å². The summed E-state index contributed by atoms with van der Waals surface area (Å²) in [4.78, 5) is 27.0. The number of ether oxygens (including phenoxy) is 1. The number of oxazole rings is 1. The molecule has 2 amide bonds. The number of amides is 2. The Hall–Kier alpha value is -3.09. The molecule has 0 bridgehead atoms. The van der Waals surface area contributed by atoms with Crippen LogP contribution in [0.25, 0.3) is 11.3 Å². The normalized spacial score (nSPS) is 9.86. The summed E-state index contributed by atoms with van der Waals surface area (Å²) < 4.78 is 10.5. The number of hydrogen-bond donors (Lipinski definition) is 2. The maximum absolute atomic E-state index is 11.7. The van der Waals surface area contributed by atoms with Crippen molar-refractivity contribution >= 4 is 17.5 Å². The van der Waals surface area contributed by atoms with Crippen molar-refractivity contribution in [3.8, 4) is 17.1 Å². The minimum absolute atomic E-state index is 0.222. The fraction of sp³-hybridized carbons (Fsp3) is 0.133. The van der Waals surface area contributed by atoms with E-state index >= 15 is 0 Å². The van der Waals surface area contributed by atoms with Gasteiger partial charge in [0.1, 0.15) is 5.75 Å². The van der Waals surface area contributed by atoms with Gasteiger partial charge in [0.15, 0.2) is 12.2 Å². The van der Waals surface area contributed by atoms with Gasteiger partial charge in [0.05, 0.1) is 18.9 Å². The van der Waals surface area contributed by atoms with Crippen LogP contribution in [0, 0.1) is 0 Å². The molecule has 0 aliphatic rings. The van der Waals surface area contributed by atoms with Crippen LogP contribution >= 0.6 is 0 Å². The minimum Gasteiger partial charge on any atom is -0.496 e. The Morgan fingerprint density at radius 1 is 1.41 bits per heavy atom. The number of benzene rings is 1. The number of aromatic nitrogens is 1. The lowest BCUT2D eigenvalue weighted by molar-refractivity contribution is -0.136. The Bertz CT molecular complexity index is 680. The Labute approximate surface area is 127 Å². The van der Waals surface area contributed by atoms with Gasteiger partial charge in [0.2, 0.25) is 0 Å². The summed E-state index contributed by atoms with van der Waals surface area (Å²) in [6.45, 7) is 3.68. The van der Waals surface area contributed by atoms with Crippen LogP contribution in [0.3, 0.4) is 0 Å². The van der Waals surface area contributed by atoms with E-state index in [0.29, 0.717) is 22.8 Å². The van der Waals surface area contributed by atoms with Crippen LogP contribution in [-0.4, -0.2) is 30.5 Å². The molecule has 1 aromatic heterocycles. The van der Waals surface area contributed by atoms with E-state index in [1.807, 2.05) is 0 Å². The number of carbonyl (C=O) groups is 2. The molecule has 0 aliphatic heterocycles. The van der Waals surface area contributed by atoms with Crippen LogP contribution in [-0.2, 0) is 9.59 Å². The van der Waals surface area contributed by atoms with Gasteiger partial charge in [-0.2, -0.15) is 0 Å². The Morgan fingerprint density at radius 2 is 2.23 bits per heavy atom. The highest BCUT2D eigenvalue weighted by atomic mass is 16.5. The Morgan fingerprint density at radius 3 is 2.86 bits per heavy atom. The minimum atomic E-state index is -0.767. The standard InChI is InChI=1S/C15H15N3O4/c1-3-6-17-14(19)15(20)18-10-4-5-11(12(7-10)21-2)13-8-16-9-22-13/h3-5,7-9H,1,6H2,2H3,(H,17,19)(H,18,20). The number of nitrogens with one attached hydrogen (secondary N) is 2. The first-order valence-electron chi connectivity index (χ1n) is 6.42. The van der Waals surface area contributed by atoms with Crippen molar-refractivity contribution in [1.82, 2.24) is 10.3 Å². The highest BCUT2D eigenvalue weighted by molar-refractivity contribution is 6.39. The van der Waals surface area contributed by atoms with E-state index in [-0.39, 0.29) is 6.54 Å². The second-order valence-electron chi connectivity index (χ2n) is 4.23. The molecular weight excluding hydrogens is 286 g/mol. The fourth-order valence-electron chi connectivity index (χ4n) is 1.75. The molecule has 1 heterocycles. The molecule has 1 aromatic carbocycles. The lowest BCUT2D eigenvalue weighted by atomic mass is 10.1. The molecule has 114 valence electrons. The number of rotatable bonds is 5. The van der Waals surface area contributed by atoms with Gasteiger partial charge in [-0.15, -0.1) is 6.58 Å². The first kappa shape index (κ1) is 15.3. The largest absolute Gasteiger partial charge is 0.496 e. The molecule has 7 heteroatoms.